The zero-order valence-corrected chi connectivity index (χ0v) is 14.4. The van der Waals surface area contributed by atoms with E-state index in [0.717, 1.165) is 22.4 Å². The topological polar surface area (TPSA) is 84.1 Å². The van der Waals surface area contributed by atoms with Crippen molar-refractivity contribution in [1.82, 2.24) is 14.7 Å². The summed E-state index contributed by atoms with van der Waals surface area (Å²) in [7, 11) is -3.57. The van der Waals surface area contributed by atoms with Gasteiger partial charge in [-0.3, -0.25) is 0 Å². The molecule has 0 unspecified atom stereocenters. The van der Waals surface area contributed by atoms with Crippen molar-refractivity contribution < 1.29 is 13.2 Å². The summed E-state index contributed by atoms with van der Waals surface area (Å²) in [4.78, 5) is 7.68. The fraction of sp³-hybridized carbons (Fsp3) is 0.235. The number of aromatic nitrogens is 2. The van der Waals surface area contributed by atoms with Gasteiger partial charge in [0.05, 0.1) is 22.5 Å². The Morgan fingerprint density at radius 3 is 2.62 bits per heavy atom. The summed E-state index contributed by atoms with van der Waals surface area (Å²) in [5.41, 5.74) is 2.62. The maximum absolute atomic E-state index is 12.4. The fourth-order valence-corrected chi connectivity index (χ4v) is 3.46. The van der Waals surface area contributed by atoms with Crippen LogP contribution in [-0.2, 0) is 16.6 Å². The summed E-state index contributed by atoms with van der Waals surface area (Å²) in [5.74, 6) is 1.48. The molecule has 0 saturated carbocycles. The summed E-state index contributed by atoms with van der Waals surface area (Å²) in [6.07, 6.45) is 0. The molecule has 0 radical (unpaired) electrons. The van der Waals surface area contributed by atoms with Crippen LogP contribution in [0.15, 0.2) is 47.4 Å². The zero-order chi connectivity index (χ0) is 17.2. The number of nitrogens with one attached hydrogen (secondary N) is 2. The fourth-order valence-electron chi connectivity index (χ4n) is 2.44. The van der Waals surface area contributed by atoms with E-state index in [1.54, 1.807) is 12.1 Å². The molecule has 0 bridgehead atoms. The monoisotopic (exact) mass is 345 g/mol. The molecule has 2 N–H and O–H groups in total. The van der Waals surface area contributed by atoms with Crippen molar-refractivity contribution >= 4 is 21.1 Å². The Hall–Kier alpha value is -2.38. The summed E-state index contributed by atoms with van der Waals surface area (Å²) < 4.78 is 32.7. The molecule has 0 spiro atoms. The molecule has 0 fully saturated rings. The molecule has 0 saturated heterocycles. The van der Waals surface area contributed by atoms with Gasteiger partial charge in [0.2, 0.25) is 10.0 Å². The first kappa shape index (κ1) is 16.5. The molecule has 6 nitrogen and oxygen atoms in total. The standard InChI is InChI=1S/C17H19N3O3S/c1-3-23-14-5-7-15(8-6-14)24(21,22)18-11-13-4-9-16-17(10-13)20-12(2)19-16/h4-10,18H,3,11H2,1-2H3,(H,19,20). The van der Waals surface area contributed by atoms with E-state index in [-0.39, 0.29) is 11.4 Å². The van der Waals surface area contributed by atoms with E-state index < -0.39 is 10.0 Å². The van der Waals surface area contributed by atoms with Crippen LogP contribution in [0.2, 0.25) is 0 Å². The first-order valence-electron chi connectivity index (χ1n) is 7.66. The highest BCUT2D eigenvalue weighted by molar-refractivity contribution is 7.89. The van der Waals surface area contributed by atoms with Crippen LogP contribution in [0.25, 0.3) is 11.0 Å². The summed E-state index contributed by atoms with van der Waals surface area (Å²) in [6, 6.07) is 12.0. The van der Waals surface area contributed by atoms with Crippen molar-refractivity contribution in [3.63, 3.8) is 0 Å². The van der Waals surface area contributed by atoms with E-state index in [2.05, 4.69) is 14.7 Å². The van der Waals surface area contributed by atoms with Crippen LogP contribution < -0.4 is 9.46 Å². The largest absolute Gasteiger partial charge is 0.494 e. The van der Waals surface area contributed by atoms with Crippen LogP contribution in [0.3, 0.4) is 0 Å². The molecule has 7 heteroatoms. The summed E-state index contributed by atoms with van der Waals surface area (Å²) >= 11 is 0. The Kier molecular flexibility index (Phi) is 4.55. The molecule has 3 aromatic rings. The highest BCUT2D eigenvalue weighted by atomic mass is 32.2. The SMILES string of the molecule is CCOc1ccc(S(=O)(=O)NCc2ccc3nc(C)[nH]c3c2)cc1. The van der Waals surface area contributed by atoms with Gasteiger partial charge in [-0.05, 0) is 55.8 Å². The molecule has 0 aliphatic rings. The van der Waals surface area contributed by atoms with Crippen LogP contribution >= 0.6 is 0 Å². The molecule has 0 aliphatic carbocycles. The molecular weight excluding hydrogens is 326 g/mol. The smallest absolute Gasteiger partial charge is 0.240 e. The number of rotatable bonds is 6. The molecule has 3 rings (SSSR count). The molecule has 1 heterocycles. The second-order valence-corrected chi connectivity index (χ2v) is 7.17. The van der Waals surface area contributed by atoms with Gasteiger partial charge >= 0.3 is 0 Å². The molecule has 24 heavy (non-hydrogen) atoms. The van der Waals surface area contributed by atoms with Gasteiger partial charge in [-0.2, -0.15) is 0 Å². The first-order valence-corrected chi connectivity index (χ1v) is 9.14. The number of hydrogen-bond donors (Lipinski definition) is 2. The number of hydrogen-bond acceptors (Lipinski definition) is 4. The molecular formula is C17H19N3O3S. The van der Waals surface area contributed by atoms with Gasteiger partial charge in [0.25, 0.3) is 0 Å². The van der Waals surface area contributed by atoms with Crippen molar-refractivity contribution in [2.24, 2.45) is 0 Å². The lowest BCUT2D eigenvalue weighted by Gasteiger charge is -2.08. The van der Waals surface area contributed by atoms with Crippen LogP contribution in [0.5, 0.6) is 5.75 Å². The molecule has 1 aromatic heterocycles. The van der Waals surface area contributed by atoms with E-state index >= 15 is 0 Å². The van der Waals surface area contributed by atoms with Gasteiger partial charge < -0.3 is 9.72 Å². The number of imidazole rings is 1. The maximum atomic E-state index is 12.4. The minimum absolute atomic E-state index is 0.212. The van der Waals surface area contributed by atoms with E-state index in [1.165, 1.54) is 12.1 Å². The number of benzene rings is 2. The van der Waals surface area contributed by atoms with Gasteiger partial charge in [0.1, 0.15) is 11.6 Å². The molecule has 2 aromatic carbocycles. The average molecular weight is 345 g/mol. The van der Waals surface area contributed by atoms with Crippen LogP contribution in [0.1, 0.15) is 18.3 Å². The molecule has 0 amide bonds. The minimum atomic E-state index is -3.57. The van der Waals surface area contributed by atoms with Crippen molar-refractivity contribution in [1.29, 1.82) is 0 Å². The van der Waals surface area contributed by atoms with Crippen molar-refractivity contribution in [3.8, 4) is 5.75 Å². The lowest BCUT2D eigenvalue weighted by Crippen LogP contribution is -2.23. The van der Waals surface area contributed by atoms with E-state index in [9.17, 15) is 8.42 Å². The van der Waals surface area contributed by atoms with E-state index in [4.69, 9.17) is 4.74 Å². The number of fused-ring (bicyclic) bond motifs is 1. The average Bonchev–Trinajstić information content (AvgIpc) is 2.93. The van der Waals surface area contributed by atoms with E-state index in [0.29, 0.717) is 12.4 Å². The molecule has 0 atom stereocenters. The lowest BCUT2D eigenvalue weighted by atomic mass is 10.2. The van der Waals surface area contributed by atoms with Gasteiger partial charge in [0.15, 0.2) is 0 Å². The van der Waals surface area contributed by atoms with Gasteiger partial charge in [-0.25, -0.2) is 18.1 Å². The quantitative estimate of drug-likeness (QED) is 0.719. The summed E-state index contributed by atoms with van der Waals surface area (Å²) in [6.45, 7) is 4.52. The third-order valence-electron chi connectivity index (χ3n) is 3.58. The van der Waals surface area contributed by atoms with Crippen LogP contribution in [0.4, 0.5) is 0 Å². The normalized spacial score (nSPS) is 11.8. The Morgan fingerprint density at radius 2 is 1.92 bits per heavy atom. The second kappa shape index (κ2) is 6.62. The predicted molar refractivity (Wildman–Crippen MR) is 92.5 cm³/mol. The number of ether oxygens (including phenoxy) is 1. The Labute approximate surface area is 140 Å². The summed E-state index contributed by atoms with van der Waals surface area (Å²) in [5, 5.41) is 0. The van der Waals surface area contributed by atoms with Crippen molar-refractivity contribution in [2.75, 3.05) is 6.61 Å². The zero-order valence-electron chi connectivity index (χ0n) is 13.5. The van der Waals surface area contributed by atoms with Gasteiger partial charge in [-0.15, -0.1) is 0 Å². The van der Waals surface area contributed by atoms with Crippen molar-refractivity contribution in [2.45, 2.75) is 25.3 Å². The third kappa shape index (κ3) is 3.58. The van der Waals surface area contributed by atoms with E-state index in [1.807, 2.05) is 32.0 Å². The third-order valence-corrected chi connectivity index (χ3v) is 4.99. The number of aryl methyl sites for hydroxylation is 1. The molecule has 126 valence electrons. The van der Waals surface area contributed by atoms with Gasteiger partial charge in [-0.1, -0.05) is 6.07 Å². The highest BCUT2D eigenvalue weighted by Gasteiger charge is 2.14. The second-order valence-electron chi connectivity index (χ2n) is 5.40. The van der Waals surface area contributed by atoms with Crippen molar-refractivity contribution in [3.05, 3.63) is 53.9 Å². The van der Waals surface area contributed by atoms with Crippen LogP contribution in [0, 0.1) is 6.92 Å². The van der Waals surface area contributed by atoms with Gasteiger partial charge in [0, 0.05) is 6.54 Å². The maximum Gasteiger partial charge on any atom is 0.240 e. The Bertz CT molecular complexity index is 947. The lowest BCUT2D eigenvalue weighted by molar-refractivity contribution is 0.340. The molecule has 0 aliphatic heterocycles. The predicted octanol–water partition coefficient (Wildman–Crippen LogP) is 2.75. The highest BCUT2D eigenvalue weighted by Crippen LogP contribution is 2.17. The first-order chi connectivity index (χ1) is 11.5. The number of H-pyrrole nitrogens is 1. The minimum Gasteiger partial charge on any atom is -0.494 e. The number of nitrogens with zero attached hydrogens (tertiary/aromatic N) is 1. The number of sulfonamides is 1. The Morgan fingerprint density at radius 1 is 1.17 bits per heavy atom. The number of aromatic amines is 1. The van der Waals surface area contributed by atoms with Crippen LogP contribution in [-0.4, -0.2) is 25.0 Å². The Balaban J connectivity index is 1.73.